The fourth-order valence-corrected chi connectivity index (χ4v) is 7.37. The lowest BCUT2D eigenvalue weighted by Crippen LogP contribution is -2.40. The number of azo groups is 1. The van der Waals surface area contributed by atoms with Crippen molar-refractivity contribution in [2.45, 2.75) is 118 Å². The molecule has 400 valence electrons. The Kier molecular flexibility index (Phi) is 35.3. The van der Waals surface area contributed by atoms with E-state index in [1.54, 1.807) is 16.7 Å². The third-order valence-electron chi connectivity index (χ3n) is 11.4. The SMILES string of the molecule is CCC(=O)N=NC=O.CCC1CCCCN(C(=O)OCc2ccccc2)CC1=O.CCC1CN(C(=O)OCc2ccccc2)CCCCC1=O.O=C1CCCCN(C(=O)OCc2ccccc2)C1.O=C=O.O=C=O. The average Bonchev–Trinajstić information content (AvgIpc) is 3.64. The highest BCUT2D eigenvalue weighted by molar-refractivity contribution is 5.86. The molecule has 74 heavy (non-hydrogen) atoms. The first-order chi connectivity index (χ1) is 35.8. The molecule has 0 N–H and O–H groups in total. The average molecular weight is 1030 g/mol. The molecular weight excluding hydrogens is 959 g/mol. The van der Waals surface area contributed by atoms with Crippen LogP contribution in [-0.2, 0) is 77.2 Å². The van der Waals surface area contributed by atoms with Gasteiger partial charge in [0.2, 0.25) is 0 Å². The lowest BCUT2D eigenvalue weighted by Gasteiger charge is -2.28. The van der Waals surface area contributed by atoms with Crippen molar-refractivity contribution in [3.8, 4) is 0 Å². The molecule has 20 heteroatoms. The van der Waals surface area contributed by atoms with Crippen LogP contribution in [0.1, 0.15) is 115 Å². The maximum atomic E-state index is 12.2. The van der Waals surface area contributed by atoms with E-state index in [-0.39, 0.29) is 105 Å². The molecule has 0 radical (unpaired) electrons. The third-order valence-corrected chi connectivity index (χ3v) is 11.4. The van der Waals surface area contributed by atoms with E-state index >= 15 is 0 Å². The van der Waals surface area contributed by atoms with E-state index in [4.69, 9.17) is 33.4 Å². The lowest BCUT2D eigenvalue weighted by molar-refractivity contribution is -0.193. The van der Waals surface area contributed by atoms with Gasteiger partial charge in [0.25, 0.3) is 12.3 Å². The number of ether oxygens (including phenoxy) is 3. The molecule has 3 fully saturated rings. The van der Waals surface area contributed by atoms with E-state index in [1.165, 1.54) is 4.90 Å². The van der Waals surface area contributed by atoms with Crippen molar-refractivity contribution in [2.75, 3.05) is 39.3 Å². The number of likely N-dealkylation sites (tertiary alicyclic amines) is 3. The van der Waals surface area contributed by atoms with Gasteiger partial charge in [0.05, 0.1) is 13.1 Å². The van der Waals surface area contributed by atoms with Gasteiger partial charge in [0.15, 0.2) is 11.6 Å². The highest BCUT2D eigenvalue weighted by Gasteiger charge is 2.27. The van der Waals surface area contributed by atoms with Gasteiger partial charge in [-0.15, -0.1) is 10.2 Å². The number of carbonyl (C=O) groups is 8. The monoisotopic (exact) mass is 1030 g/mol. The zero-order chi connectivity index (χ0) is 54.8. The predicted octanol–water partition coefficient (Wildman–Crippen LogP) is 8.55. The number of benzene rings is 3. The highest BCUT2D eigenvalue weighted by atomic mass is 16.6. The molecule has 3 heterocycles. The Morgan fingerprint density at radius 2 is 0.959 bits per heavy atom. The minimum Gasteiger partial charge on any atom is -0.445 e. The van der Waals surface area contributed by atoms with Crippen molar-refractivity contribution in [3.05, 3.63) is 108 Å². The Morgan fingerprint density at radius 1 is 0.554 bits per heavy atom. The van der Waals surface area contributed by atoms with Crippen LogP contribution in [-0.4, -0.2) is 114 Å². The van der Waals surface area contributed by atoms with E-state index in [0.717, 1.165) is 74.5 Å². The number of hydrogen-bond acceptors (Lipinski definition) is 15. The standard InChI is InChI=1S/2C17H23NO3.C14H17NO3.C4H6N2O2.2CO2/c1-2-15-12-18(11-7-6-10-16(15)19)17(20)21-13-14-8-4-3-5-9-14;1-2-15-10-6-7-11-18(12-16(15)19)17(20)21-13-14-8-4-3-5-9-14;16-13-8-4-5-9-15(10-13)14(17)18-11-12-6-2-1-3-7-12;1-2-4(8)6-5-3-7;2*2-1-3/h2*3-5,8-9,15H,2,6-7,10-13H2,1H3;1-3,6-7H,4-5,8-11H2;3H,2H2,1H3;;. The second-order valence-electron chi connectivity index (χ2n) is 16.7. The number of Topliss-reactive ketones (excluding diaryl/α,β-unsaturated/α-hetero) is 3. The van der Waals surface area contributed by atoms with Crippen molar-refractivity contribution in [3.63, 3.8) is 0 Å². The van der Waals surface area contributed by atoms with Crippen molar-refractivity contribution in [1.29, 1.82) is 0 Å². The highest BCUT2D eigenvalue weighted by Crippen LogP contribution is 2.20. The number of carbonyl (C=O) groups excluding carboxylic acids is 12. The number of hydrogen-bond donors (Lipinski definition) is 0. The molecule has 3 aromatic rings. The Balaban J connectivity index is 0.000000493. The molecule has 20 nitrogen and oxygen atoms in total. The largest absolute Gasteiger partial charge is 0.445 e. The van der Waals surface area contributed by atoms with Crippen molar-refractivity contribution in [2.24, 2.45) is 22.1 Å². The Hall–Kier alpha value is -7.82. The molecule has 0 spiro atoms. The van der Waals surface area contributed by atoms with Gasteiger partial charge in [0, 0.05) is 57.3 Å². The van der Waals surface area contributed by atoms with Gasteiger partial charge in [-0.1, -0.05) is 118 Å². The maximum absolute atomic E-state index is 12.2. The molecule has 3 saturated heterocycles. The Morgan fingerprint density at radius 3 is 1.39 bits per heavy atom. The fourth-order valence-electron chi connectivity index (χ4n) is 7.37. The number of amides is 5. The summed E-state index contributed by atoms with van der Waals surface area (Å²) in [5.74, 6) is 0.220. The molecular formula is C54H69N5O15. The number of nitrogens with zero attached hydrogens (tertiary/aromatic N) is 5. The van der Waals surface area contributed by atoms with Gasteiger partial charge in [-0.3, -0.25) is 24.0 Å². The van der Waals surface area contributed by atoms with Crippen LogP contribution >= 0.6 is 0 Å². The Bertz CT molecular complexity index is 2220. The Labute approximate surface area is 432 Å². The van der Waals surface area contributed by atoms with E-state index in [0.29, 0.717) is 39.0 Å². The molecule has 0 saturated carbocycles. The van der Waals surface area contributed by atoms with E-state index < -0.39 is 6.09 Å². The first kappa shape index (κ1) is 64.2. The van der Waals surface area contributed by atoms with E-state index in [1.807, 2.05) is 105 Å². The van der Waals surface area contributed by atoms with Crippen molar-refractivity contribution < 1.29 is 71.7 Å². The molecule has 3 aliphatic heterocycles. The summed E-state index contributed by atoms with van der Waals surface area (Å²) in [7, 11) is 0. The van der Waals surface area contributed by atoms with Crippen LogP contribution in [0.4, 0.5) is 14.4 Å². The quantitative estimate of drug-likeness (QED) is 0.105. The summed E-state index contributed by atoms with van der Waals surface area (Å²) >= 11 is 0. The smallest absolute Gasteiger partial charge is 0.410 e. The summed E-state index contributed by atoms with van der Waals surface area (Å²) in [6.45, 7) is 9.22. The molecule has 5 amide bonds. The topological polar surface area (TPSA) is 267 Å². The van der Waals surface area contributed by atoms with Crippen LogP contribution in [0.5, 0.6) is 0 Å². The van der Waals surface area contributed by atoms with Crippen molar-refractivity contribution >= 4 is 60.2 Å². The number of rotatable bonds is 10. The van der Waals surface area contributed by atoms with Crippen LogP contribution < -0.4 is 0 Å². The van der Waals surface area contributed by atoms with Crippen LogP contribution in [0.15, 0.2) is 101 Å². The first-order valence-corrected chi connectivity index (χ1v) is 24.6. The van der Waals surface area contributed by atoms with Crippen molar-refractivity contribution in [1.82, 2.24) is 14.7 Å². The number of ketones is 3. The molecule has 0 bridgehead atoms. The first-order valence-electron chi connectivity index (χ1n) is 24.6. The zero-order valence-corrected chi connectivity index (χ0v) is 42.6. The van der Waals surface area contributed by atoms with Gasteiger partial charge in [0.1, 0.15) is 25.6 Å². The molecule has 0 aromatic heterocycles. The minimum absolute atomic E-state index is 0.0467. The predicted molar refractivity (Wildman–Crippen MR) is 265 cm³/mol. The van der Waals surface area contributed by atoms with Crippen LogP contribution in [0.3, 0.4) is 0 Å². The van der Waals surface area contributed by atoms with Gasteiger partial charge >= 0.3 is 30.6 Å². The molecule has 3 aliphatic rings. The second kappa shape index (κ2) is 40.7. The summed E-state index contributed by atoms with van der Waals surface area (Å²) in [5, 5.41) is 5.82. The zero-order valence-electron chi connectivity index (χ0n) is 42.6. The normalized spacial score (nSPS) is 16.4. The summed E-state index contributed by atoms with van der Waals surface area (Å²) in [6, 6.07) is 28.7. The van der Waals surface area contributed by atoms with Crippen LogP contribution in [0.2, 0.25) is 0 Å². The van der Waals surface area contributed by atoms with E-state index in [9.17, 15) is 38.4 Å². The maximum Gasteiger partial charge on any atom is 0.410 e. The van der Waals surface area contributed by atoms with Gasteiger partial charge in [-0.25, -0.2) is 14.4 Å². The molecule has 6 rings (SSSR count). The van der Waals surface area contributed by atoms with Gasteiger partial charge in [-0.2, -0.15) is 19.2 Å². The van der Waals surface area contributed by atoms with E-state index in [2.05, 4.69) is 10.2 Å². The fraction of sp³-hybridized carbons (Fsp3) is 0.481. The second-order valence-corrected chi connectivity index (χ2v) is 16.7. The molecule has 0 aliphatic carbocycles. The minimum atomic E-state index is -0.394. The summed E-state index contributed by atoms with van der Waals surface area (Å²) in [4.78, 5) is 128. The summed E-state index contributed by atoms with van der Waals surface area (Å²) in [6.07, 6.45) is 9.10. The lowest BCUT2D eigenvalue weighted by atomic mass is 9.93. The van der Waals surface area contributed by atoms with Crippen LogP contribution in [0.25, 0.3) is 0 Å². The van der Waals surface area contributed by atoms with Crippen LogP contribution in [0, 0.1) is 11.8 Å². The van der Waals surface area contributed by atoms with Gasteiger partial charge < -0.3 is 28.9 Å². The molecule has 3 aromatic carbocycles. The summed E-state index contributed by atoms with van der Waals surface area (Å²) < 4.78 is 15.9. The summed E-state index contributed by atoms with van der Waals surface area (Å²) in [5.41, 5.74) is 2.88. The molecule has 2 unspecified atom stereocenters. The van der Waals surface area contributed by atoms with Gasteiger partial charge in [-0.05, 0) is 68.1 Å². The molecule has 2 atom stereocenters. The third kappa shape index (κ3) is 28.9.